The lowest BCUT2D eigenvalue weighted by Gasteiger charge is -2.36. The highest BCUT2D eigenvalue weighted by Crippen LogP contribution is 2.24. The fourth-order valence-corrected chi connectivity index (χ4v) is 2.20. The zero-order valence-electron chi connectivity index (χ0n) is 12.0. The molecule has 1 aromatic rings. The summed E-state index contributed by atoms with van der Waals surface area (Å²) in [6.45, 7) is 5.70. The first-order chi connectivity index (χ1) is 9.91. The number of rotatable bonds is 4. The van der Waals surface area contributed by atoms with Crippen LogP contribution < -0.4 is 10.1 Å². The SMILES string of the molecule is CC1(C)CNCC(COc2ccc(C#N)c([N+](=O)[O-])c2)O1. The number of nitriles is 1. The molecule has 7 nitrogen and oxygen atoms in total. The highest BCUT2D eigenvalue weighted by Gasteiger charge is 2.28. The van der Waals surface area contributed by atoms with Crippen LogP contribution in [0.4, 0.5) is 5.69 Å². The maximum Gasteiger partial charge on any atom is 0.290 e. The van der Waals surface area contributed by atoms with Crippen molar-refractivity contribution in [1.29, 1.82) is 5.26 Å². The van der Waals surface area contributed by atoms with E-state index in [0.717, 1.165) is 6.54 Å². The molecular weight excluding hydrogens is 274 g/mol. The van der Waals surface area contributed by atoms with Gasteiger partial charge in [0.05, 0.1) is 16.6 Å². The summed E-state index contributed by atoms with van der Waals surface area (Å²) in [5, 5.41) is 23.0. The Morgan fingerprint density at radius 1 is 1.62 bits per heavy atom. The molecule has 112 valence electrons. The summed E-state index contributed by atoms with van der Waals surface area (Å²) in [7, 11) is 0. The standard InChI is InChI=1S/C14H17N3O4/c1-14(2)9-16-7-12(21-14)8-20-11-4-3-10(6-15)13(5-11)17(18)19/h3-5,12,16H,7-9H2,1-2H3. The van der Waals surface area contributed by atoms with Crippen LogP contribution in [-0.4, -0.2) is 36.3 Å². The Hall–Kier alpha value is -2.17. The van der Waals surface area contributed by atoms with Crippen LogP contribution in [0.2, 0.25) is 0 Å². The molecule has 0 radical (unpaired) electrons. The maximum absolute atomic E-state index is 10.9. The molecule has 0 spiro atoms. The van der Waals surface area contributed by atoms with Gasteiger partial charge < -0.3 is 14.8 Å². The van der Waals surface area contributed by atoms with Gasteiger partial charge in [0, 0.05) is 13.1 Å². The predicted octanol–water partition coefficient (Wildman–Crippen LogP) is 1.61. The average Bonchev–Trinajstić information content (AvgIpc) is 2.43. The fourth-order valence-electron chi connectivity index (χ4n) is 2.20. The van der Waals surface area contributed by atoms with Gasteiger partial charge in [0.15, 0.2) is 0 Å². The number of hydrogen-bond donors (Lipinski definition) is 1. The normalized spacial score (nSPS) is 20.5. The number of hydrogen-bond acceptors (Lipinski definition) is 6. The highest BCUT2D eigenvalue weighted by atomic mass is 16.6. The Morgan fingerprint density at radius 3 is 3.00 bits per heavy atom. The highest BCUT2D eigenvalue weighted by molar-refractivity contribution is 5.52. The fraction of sp³-hybridized carbons (Fsp3) is 0.500. The van der Waals surface area contributed by atoms with Crippen LogP contribution >= 0.6 is 0 Å². The van der Waals surface area contributed by atoms with Gasteiger partial charge in [0.2, 0.25) is 0 Å². The first-order valence-corrected chi connectivity index (χ1v) is 6.61. The lowest BCUT2D eigenvalue weighted by molar-refractivity contribution is -0.385. The molecule has 0 amide bonds. The van der Waals surface area contributed by atoms with E-state index < -0.39 is 4.92 Å². The van der Waals surface area contributed by atoms with Gasteiger partial charge in [0.1, 0.15) is 30.1 Å². The second-order valence-corrected chi connectivity index (χ2v) is 5.49. The molecule has 7 heteroatoms. The van der Waals surface area contributed by atoms with Crippen molar-refractivity contribution < 1.29 is 14.4 Å². The second kappa shape index (κ2) is 6.08. The van der Waals surface area contributed by atoms with Crippen molar-refractivity contribution in [2.75, 3.05) is 19.7 Å². The smallest absolute Gasteiger partial charge is 0.290 e. The van der Waals surface area contributed by atoms with Crippen LogP contribution in [-0.2, 0) is 4.74 Å². The molecule has 1 aliphatic heterocycles. The lowest BCUT2D eigenvalue weighted by atomic mass is 10.1. The van der Waals surface area contributed by atoms with Crippen LogP contribution in [0.25, 0.3) is 0 Å². The Balaban J connectivity index is 2.02. The summed E-state index contributed by atoms with van der Waals surface area (Å²) >= 11 is 0. The number of morpholine rings is 1. The third kappa shape index (κ3) is 3.90. The third-order valence-electron chi connectivity index (χ3n) is 3.13. The van der Waals surface area contributed by atoms with Gasteiger partial charge in [-0.05, 0) is 26.0 Å². The van der Waals surface area contributed by atoms with Crippen LogP contribution in [0, 0.1) is 21.4 Å². The van der Waals surface area contributed by atoms with E-state index in [1.165, 1.54) is 12.1 Å². The van der Waals surface area contributed by atoms with Crippen molar-refractivity contribution in [2.24, 2.45) is 0 Å². The Labute approximate surface area is 122 Å². The lowest BCUT2D eigenvalue weighted by Crippen LogP contribution is -2.52. The number of ether oxygens (including phenoxy) is 2. The third-order valence-corrected chi connectivity index (χ3v) is 3.13. The number of nitro groups is 1. The number of benzene rings is 1. The minimum absolute atomic E-state index is 0.0177. The van der Waals surface area contributed by atoms with Gasteiger partial charge in [-0.15, -0.1) is 0 Å². The molecule has 2 rings (SSSR count). The second-order valence-electron chi connectivity index (χ2n) is 5.49. The first-order valence-electron chi connectivity index (χ1n) is 6.61. The topological polar surface area (TPSA) is 97.4 Å². The van der Waals surface area contributed by atoms with Gasteiger partial charge in [-0.2, -0.15) is 5.26 Å². The molecule has 1 fully saturated rings. The van der Waals surface area contributed by atoms with Crippen LogP contribution in [0.3, 0.4) is 0 Å². The van der Waals surface area contributed by atoms with Crippen molar-refractivity contribution >= 4 is 5.69 Å². The number of nitro benzene ring substituents is 1. The van der Waals surface area contributed by atoms with Crippen LogP contribution in [0.5, 0.6) is 5.75 Å². The molecule has 0 saturated carbocycles. The van der Waals surface area contributed by atoms with Crippen molar-refractivity contribution in [3.8, 4) is 11.8 Å². The van der Waals surface area contributed by atoms with E-state index in [-0.39, 0.29) is 23.0 Å². The summed E-state index contributed by atoms with van der Waals surface area (Å²) in [6.07, 6.45) is -0.122. The van der Waals surface area contributed by atoms with E-state index >= 15 is 0 Å². The van der Waals surface area contributed by atoms with E-state index in [9.17, 15) is 10.1 Å². The molecule has 1 aliphatic rings. The van der Waals surface area contributed by atoms with Crippen LogP contribution in [0.1, 0.15) is 19.4 Å². The molecule has 1 aromatic carbocycles. The van der Waals surface area contributed by atoms with E-state index in [4.69, 9.17) is 14.7 Å². The molecular formula is C14H17N3O4. The molecule has 0 bridgehead atoms. The van der Waals surface area contributed by atoms with Crippen molar-refractivity contribution in [1.82, 2.24) is 5.32 Å². The molecule has 1 N–H and O–H groups in total. The maximum atomic E-state index is 10.9. The minimum Gasteiger partial charge on any atom is -0.491 e. The van der Waals surface area contributed by atoms with Gasteiger partial charge in [0.25, 0.3) is 5.69 Å². The quantitative estimate of drug-likeness (QED) is 0.668. The number of nitrogens with zero attached hydrogens (tertiary/aromatic N) is 2. The van der Waals surface area contributed by atoms with Gasteiger partial charge in [-0.25, -0.2) is 0 Å². The summed E-state index contributed by atoms with van der Waals surface area (Å²) in [5.74, 6) is 0.354. The summed E-state index contributed by atoms with van der Waals surface area (Å²) in [5.41, 5.74) is -0.495. The Morgan fingerprint density at radius 2 is 2.38 bits per heavy atom. The number of nitrogens with one attached hydrogen (secondary N) is 1. The minimum atomic E-state index is -0.590. The largest absolute Gasteiger partial charge is 0.491 e. The monoisotopic (exact) mass is 291 g/mol. The van der Waals surface area contributed by atoms with E-state index in [0.29, 0.717) is 18.9 Å². The van der Waals surface area contributed by atoms with E-state index in [1.54, 1.807) is 12.1 Å². The molecule has 1 atom stereocenters. The Bertz CT molecular complexity index is 580. The first kappa shape index (κ1) is 15.2. The predicted molar refractivity (Wildman–Crippen MR) is 75.1 cm³/mol. The van der Waals surface area contributed by atoms with Gasteiger partial charge >= 0.3 is 0 Å². The summed E-state index contributed by atoms with van der Waals surface area (Å²) in [6, 6.07) is 5.99. The van der Waals surface area contributed by atoms with E-state index in [2.05, 4.69) is 5.32 Å². The zero-order valence-corrected chi connectivity index (χ0v) is 12.0. The van der Waals surface area contributed by atoms with Crippen molar-refractivity contribution in [3.05, 3.63) is 33.9 Å². The van der Waals surface area contributed by atoms with Crippen molar-refractivity contribution in [2.45, 2.75) is 25.6 Å². The zero-order chi connectivity index (χ0) is 15.5. The van der Waals surface area contributed by atoms with Crippen LogP contribution in [0.15, 0.2) is 18.2 Å². The van der Waals surface area contributed by atoms with Gasteiger partial charge in [-0.3, -0.25) is 10.1 Å². The van der Waals surface area contributed by atoms with E-state index in [1.807, 2.05) is 13.8 Å². The average molecular weight is 291 g/mol. The van der Waals surface area contributed by atoms with Gasteiger partial charge in [-0.1, -0.05) is 0 Å². The molecule has 21 heavy (non-hydrogen) atoms. The molecule has 0 aromatic heterocycles. The molecule has 0 aliphatic carbocycles. The van der Waals surface area contributed by atoms with Crippen molar-refractivity contribution in [3.63, 3.8) is 0 Å². The Kier molecular flexibility index (Phi) is 4.40. The molecule has 1 saturated heterocycles. The molecule has 1 unspecified atom stereocenters. The summed E-state index contributed by atoms with van der Waals surface area (Å²) in [4.78, 5) is 10.3. The molecule has 1 heterocycles. The summed E-state index contributed by atoms with van der Waals surface area (Å²) < 4.78 is 11.4.